The number of sulfonamides is 1. The smallest absolute Gasteiger partial charge is 0.243 e. The standard InChI is InChI=1S/C16H23N3O4S2/c1-16(2,3)14(20)18-15(24)17-12-4-6-13(7-5-12)25(21,22)19-8-10-23-11-9-19/h4-7H,8-11H2,1-3H3,(H2,17,18,20,24). The summed E-state index contributed by atoms with van der Waals surface area (Å²) in [7, 11) is -3.52. The fourth-order valence-corrected chi connectivity index (χ4v) is 3.72. The normalized spacial score (nSPS) is 16.3. The summed E-state index contributed by atoms with van der Waals surface area (Å²) in [6, 6.07) is 6.26. The van der Waals surface area contributed by atoms with Gasteiger partial charge in [-0.3, -0.25) is 4.79 Å². The molecule has 0 saturated carbocycles. The molecule has 0 unspecified atom stereocenters. The van der Waals surface area contributed by atoms with E-state index in [-0.39, 0.29) is 15.9 Å². The third kappa shape index (κ3) is 5.21. The molecule has 0 radical (unpaired) electrons. The second kappa shape index (κ2) is 7.77. The van der Waals surface area contributed by atoms with E-state index >= 15 is 0 Å². The molecule has 1 aromatic rings. The number of hydrogen-bond acceptors (Lipinski definition) is 5. The molecule has 1 amide bonds. The van der Waals surface area contributed by atoms with Crippen LogP contribution in [0.5, 0.6) is 0 Å². The van der Waals surface area contributed by atoms with Crippen LogP contribution in [-0.2, 0) is 19.6 Å². The van der Waals surface area contributed by atoms with Crippen molar-refractivity contribution < 1.29 is 17.9 Å². The lowest BCUT2D eigenvalue weighted by Crippen LogP contribution is -2.41. The van der Waals surface area contributed by atoms with Crippen molar-refractivity contribution in [2.24, 2.45) is 5.41 Å². The monoisotopic (exact) mass is 385 g/mol. The molecule has 138 valence electrons. The summed E-state index contributed by atoms with van der Waals surface area (Å²) in [4.78, 5) is 12.1. The first kappa shape index (κ1) is 19.8. The first-order valence-corrected chi connectivity index (χ1v) is 9.76. The van der Waals surface area contributed by atoms with Crippen LogP contribution in [0.2, 0.25) is 0 Å². The number of morpholine rings is 1. The minimum atomic E-state index is -3.52. The van der Waals surface area contributed by atoms with E-state index in [9.17, 15) is 13.2 Å². The predicted octanol–water partition coefficient (Wildman–Crippen LogP) is 1.57. The molecule has 9 heteroatoms. The van der Waals surface area contributed by atoms with Crippen LogP contribution in [0.15, 0.2) is 29.2 Å². The van der Waals surface area contributed by atoms with Gasteiger partial charge in [0.25, 0.3) is 0 Å². The highest BCUT2D eigenvalue weighted by Gasteiger charge is 2.26. The lowest BCUT2D eigenvalue weighted by Gasteiger charge is -2.26. The Hall–Kier alpha value is -1.55. The van der Waals surface area contributed by atoms with Gasteiger partial charge in [-0.15, -0.1) is 0 Å². The van der Waals surface area contributed by atoms with Crippen LogP contribution >= 0.6 is 12.2 Å². The van der Waals surface area contributed by atoms with Crippen molar-refractivity contribution in [2.75, 3.05) is 31.6 Å². The summed E-state index contributed by atoms with van der Waals surface area (Å²) in [6.45, 7) is 6.88. The van der Waals surface area contributed by atoms with E-state index in [1.165, 1.54) is 16.4 Å². The molecular weight excluding hydrogens is 362 g/mol. The van der Waals surface area contributed by atoms with E-state index in [2.05, 4.69) is 10.6 Å². The zero-order valence-corrected chi connectivity index (χ0v) is 16.2. The number of benzene rings is 1. The van der Waals surface area contributed by atoms with Crippen LogP contribution in [0, 0.1) is 5.41 Å². The molecule has 1 aliphatic heterocycles. The van der Waals surface area contributed by atoms with Crippen LogP contribution in [-0.4, -0.2) is 50.0 Å². The summed E-state index contributed by atoms with van der Waals surface area (Å²) in [5, 5.41) is 5.65. The molecule has 1 aromatic carbocycles. The highest BCUT2D eigenvalue weighted by atomic mass is 32.2. The first-order chi connectivity index (χ1) is 11.6. The summed E-state index contributed by atoms with van der Waals surface area (Å²) < 4.78 is 31.7. The van der Waals surface area contributed by atoms with Gasteiger partial charge in [0.15, 0.2) is 5.11 Å². The topological polar surface area (TPSA) is 87.7 Å². The number of thiocarbonyl (C=S) groups is 1. The highest BCUT2D eigenvalue weighted by molar-refractivity contribution is 7.89. The van der Waals surface area contributed by atoms with Crippen molar-refractivity contribution in [3.05, 3.63) is 24.3 Å². The van der Waals surface area contributed by atoms with Crippen LogP contribution in [0.1, 0.15) is 20.8 Å². The zero-order chi connectivity index (χ0) is 18.7. The summed E-state index contributed by atoms with van der Waals surface area (Å²) >= 11 is 5.11. The Labute approximate surface area is 153 Å². The van der Waals surface area contributed by atoms with Crippen molar-refractivity contribution in [3.8, 4) is 0 Å². The van der Waals surface area contributed by atoms with E-state index < -0.39 is 15.4 Å². The minimum absolute atomic E-state index is 0.170. The molecule has 7 nitrogen and oxygen atoms in total. The van der Waals surface area contributed by atoms with Crippen LogP contribution < -0.4 is 10.6 Å². The van der Waals surface area contributed by atoms with Gasteiger partial charge in [0.05, 0.1) is 18.1 Å². The quantitative estimate of drug-likeness (QED) is 0.768. The molecule has 0 bridgehead atoms. The minimum Gasteiger partial charge on any atom is -0.379 e. The average Bonchev–Trinajstić information content (AvgIpc) is 2.55. The lowest BCUT2D eigenvalue weighted by molar-refractivity contribution is -0.126. The maximum atomic E-state index is 12.5. The van der Waals surface area contributed by atoms with E-state index in [0.29, 0.717) is 32.0 Å². The Morgan fingerprint density at radius 3 is 2.24 bits per heavy atom. The number of carbonyl (C=O) groups is 1. The fraction of sp³-hybridized carbons (Fsp3) is 0.500. The van der Waals surface area contributed by atoms with E-state index in [1.54, 1.807) is 32.9 Å². The average molecular weight is 386 g/mol. The van der Waals surface area contributed by atoms with Gasteiger partial charge in [0.1, 0.15) is 0 Å². The second-order valence-corrected chi connectivity index (χ2v) is 9.05. The van der Waals surface area contributed by atoms with Crippen LogP contribution in [0.3, 0.4) is 0 Å². The summed E-state index contributed by atoms with van der Waals surface area (Å²) in [5.41, 5.74) is 0.0436. The van der Waals surface area contributed by atoms with Gasteiger partial charge in [-0.05, 0) is 36.5 Å². The number of anilines is 1. The Morgan fingerprint density at radius 1 is 1.16 bits per heavy atom. The summed E-state index contributed by atoms with van der Waals surface area (Å²) in [5.74, 6) is -0.198. The Kier molecular flexibility index (Phi) is 6.15. The van der Waals surface area contributed by atoms with Gasteiger partial charge in [-0.1, -0.05) is 20.8 Å². The number of carbonyl (C=O) groups excluding carboxylic acids is 1. The Morgan fingerprint density at radius 2 is 1.72 bits per heavy atom. The molecule has 25 heavy (non-hydrogen) atoms. The van der Waals surface area contributed by atoms with E-state index in [0.717, 1.165) is 0 Å². The molecule has 0 aromatic heterocycles. The molecule has 1 fully saturated rings. The Balaban J connectivity index is 2.02. The molecule has 1 saturated heterocycles. The van der Waals surface area contributed by atoms with Crippen LogP contribution in [0.25, 0.3) is 0 Å². The highest BCUT2D eigenvalue weighted by Crippen LogP contribution is 2.19. The maximum absolute atomic E-state index is 12.5. The van der Waals surface area contributed by atoms with Crippen molar-refractivity contribution in [2.45, 2.75) is 25.7 Å². The second-order valence-electron chi connectivity index (χ2n) is 6.70. The number of ether oxygens (including phenoxy) is 1. The van der Waals surface area contributed by atoms with Crippen molar-refractivity contribution >= 4 is 38.9 Å². The third-order valence-corrected chi connectivity index (χ3v) is 5.75. The van der Waals surface area contributed by atoms with E-state index in [4.69, 9.17) is 17.0 Å². The zero-order valence-electron chi connectivity index (χ0n) is 14.5. The van der Waals surface area contributed by atoms with E-state index in [1.807, 2.05) is 0 Å². The fourth-order valence-electron chi connectivity index (χ4n) is 2.10. The molecule has 2 rings (SSSR count). The lowest BCUT2D eigenvalue weighted by atomic mass is 9.96. The predicted molar refractivity (Wildman–Crippen MR) is 99.8 cm³/mol. The molecule has 0 aliphatic carbocycles. The molecule has 1 aliphatic rings. The molecule has 0 spiro atoms. The van der Waals surface area contributed by atoms with Gasteiger partial charge >= 0.3 is 0 Å². The number of hydrogen-bond donors (Lipinski definition) is 2. The molecule has 0 atom stereocenters. The van der Waals surface area contributed by atoms with Gasteiger partial charge < -0.3 is 15.4 Å². The van der Waals surface area contributed by atoms with Crippen molar-refractivity contribution in [1.82, 2.24) is 9.62 Å². The van der Waals surface area contributed by atoms with Crippen molar-refractivity contribution in [3.63, 3.8) is 0 Å². The number of nitrogens with one attached hydrogen (secondary N) is 2. The number of rotatable bonds is 3. The Bertz CT molecular complexity index is 734. The van der Waals surface area contributed by atoms with Gasteiger partial charge in [-0.25, -0.2) is 8.42 Å². The SMILES string of the molecule is CC(C)(C)C(=O)NC(=S)Nc1ccc(S(=O)(=O)N2CCOCC2)cc1. The van der Waals surface area contributed by atoms with Gasteiger partial charge in [0.2, 0.25) is 15.9 Å². The molecule has 1 heterocycles. The van der Waals surface area contributed by atoms with Crippen molar-refractivity contribution in [1.29, 1.82) is 0 Å². The third-order valence-electron chi connectivity index (χ3n) is 3.63. The molecular formula is C16H23N3O4S2. The largest absolute Gasteiger partial charge is 0.379 e. The maximum Gasteiger partial charge on any atom is 0.243 e. The van der Waals surface area contributed by atoms with Crippen LogP contribution in [0.4, 0.5) is 5.69 Å². The number of nitrogens with zero attached hydrogens (tertiary/aromatic N) is 1. The number of amides is 1. The van der Waals surface area contributed by atoms with Gasteiger partial charge in [0, 0.05) is 24.2 Å². The summed E-state index contributed by atoms with van der Waals surface area (Å²) in [6.07, 6.45) is 0. The first-order valence-electron chi connectivity index (χ1n) is 7.91. The van der Waals surface area contributed by atoms with Gasteiger partial charge in [-0.2, -0.15) is 4.31 Å². The molecule has 2 N–H and O–H groups in total.